The average Bonchev–Trinajstić information content (AvgIpc) is 2.63. The van der Waals surface area contributed by atoms with Crippen LogP contribution in [0.4, 0.5) is 0 Å². The standard InChI is InChI=1S/C17H12ClNO4/c1-23-11-4-2-3-9(7-11)14-15(20)12-6-5-10(18)8-13(12)19-17(22)16(14)21/h2-8,21H,1H3,(H,19,22). The van der Waals surface area contributed by atoms with E-state index >= 15 is 0 Å². The van der Waals surface area contributed by atoms with Crippen molar-refractivity contribution in [3.05, 3.63) is 68.1 Å². The zero-order valence-electron chi connectivity index (χ0n) is 12.1. The lowest BCUT2D eigenvalue weighted by atomic mass is 10.0. The fourth-order valence-electron chi connectivity index (χ4n) is 2.40. The Morgan fingerprint density at radius 2 is 1.91 bits per heavy atom. The number of halogens is 1. The molecule has 0 radical (unpaired) electrons. The Bertz CT molecular complexity index is 1030. The number of fused-ring (bicyclic) bond motifs is 1. The molecule has 0 spiro atoms. The molecule has 2 N–H and O–H groups in total. The fourth-order valence-corrected chi connectivity index (χ4v) is 2.57. The largest absolute Gasteiger partial charge is 0.502 e. The second-order valence-electron chi connectivity index (χ2n) is 4.93. The van der Waals surface area contributed by atoms with Crippen LogP contribution in [0.1, 0.15) is 0 Å². The van der Waals surface area contributed by atoms with Crippen molar-refractivity contribution in [3.63, 3.8) is 0 Å². The van der Waals surface area contributed by atoms with Crippen molar-refractivity contribution in [2.45, 2.75) is 0 Å². The molecule has 0 saturated carbocycles. The first-order valence-electron chi connectivity index (χ1n) is 6.74. The summed E-state index contributed by atoms with van der Waals surface area (Å²) in [6.07, 6.45) is 0. The Labute approximate surface area is 135 Å². The van der Waals surface area contributed by atoms with Crippen molar-refractivity contribution < 1.29 is 9.84 Å². The van der Waals surface area contributed by atoms with E-state index in [1.165, 1.54) is 19.2 Å². The van der Waals surface area contributed by atoms with E-state index < -0.39 is 16.7 Å². The van der Waals surface area contributed by atoms with E-state index in [-0.39, 0.29) is 16.5 Å². The summed E-state index contributed by atoms with van der Waals surface area (Å²) in [6.45, 7) is 0. The molecule has 0 aliphatic heterocycles. The molecular formula is C17H12ClNO4. The monoisotopic (exact) mass is 329 g/mol. The van der Waals surface area contributed by atoms with Crippen LogP contribution in [0.25, 0.3) is 22.0 Å². The number of aromatic nitrogens is 1. The molecule has 0 aliphatic rings. The lowest BCUT2D eigenvalue weighted by Crippen LogP contribution is -2.05. The van der Waals surface area contributed by atoms with Crippen LogP contribution >= 0.6 is 11.6 Å². The molecule has 2 aromatic carbocycles. The quantitative estimate of drug-likeness (QED) is 0.757. The van der Waals surface area contributed by atoms with Gasteiger partial charge in [-0.1, -0.05) is 23.7 Å². The third-order valence-electron chi connectivity index (χ3n) is 3.51. The molecule has 6 heteroatoms. The van der Waals surface area contributed by atoms with Gasteiger partial charge in [0.25, 0.3) is 5.56 Å². The first kappa shape index (κ1) is 15.1. The van der Waals surface area contributed by atoms with Crippen LogP contribution in [-0.2, 0) is 0 Å². The van der Waals surface area contributed by atoms with Gasteiger partial charge in [0.1, 0.15) is 5.75 Å². The van der Waals surface area contributed by atoms with Crippen molar-refractivity contribution in [3.8, 4) is 22.6 Å². The third-order valence-corrected chi connectivity index (χ3v) is 3.75. The van der Waals surface area contributed by atoms with E-state index in [0.717, 1.165) is 0 Å². The number of H-pyrrole nitrogens is 1. The first-order valence-corrected chi connectivity index (χ1v) is 7.12. The van der Waals surface area contributed by atoms with Crippen LogP contribution in [0.15, 0.2) is 52.1 Å². The molecule has 116 valence electrons. The molecule has 5 nitrogen and oxygen atoms in total. The van der Waals surface area contributed by atoms with Gasteiger partial charge < -0.3 is 14.8 Å². The minimum absolute atomic E-state index is 0.0810. The highest BCUT2D eigenvalue weighted by Gasteiger charge is 2.15. The lowest BCUT2D eigenvalue weighted by Gasteiger charge is -2.03. The van der Waals surface area contributed by atoms with Gasteiger partial charge in [-0.15, -0.1) is 0 Å². The van der Waals surface area contributed by atoms with Gasteiger partial charge in [-0.05, 0) is 35.9 Å². The number of ether oxygens (including phenoxy) is 1. The Morgan fingerprint density at radius 3 is 2.65 bits per heavy atom. The first-order chi connectivity index (χ1) is 11.0. The molecule has 0 amide bonds. The van der Waals surface area contributed by atoms with Crippen molar-refractivity contribution in [1.82, 2.24) is 4.98 Å². The lowest BCUT2D eigenvalue weighted by molar-refractivity contribution is 0.415. The number of hydrogen-bond acceptors (Lipinski definition) is 4. The Morgan fingerprint density at radius 1 is 1.13 bits per heavy atom. The zero-order chi connectivity index (χ0) is 16.6. The van der Waals surface area contributed by atoms with Gasteiger partial charge in [0.15, 0.2) is 11.2 Å². The van der Waals surface area contributed by atoms with E-state index in [9.17, 15) is 14.7 Å². The molecule has 0 atom stereocenters. The average molecular weight is 330 g/mol. The third kappa shape index (κ3) is 2.66. The fraction of sp³-hybridized carbons (Fsp3) is 0.0588. The normalized spacial score (nSPS) is 10.7. The topological polar surface area (TPSA) is 79.4 Å². The highest BCUT2D eigenvalue weighted by atomic mass is 35.5. The molecule has 0 unspecified atom stereocenters. The van der Waals surface area contributed by atoms with Gasteiger partial charge in [-0.2, -0.15) is 0 Å². The van der Waals surface area contributed by atoms with E-state index in [4.69, 9.17) is 16.3 Å². The van der Waals surface area contributed by atoms with Gasteiger partial charge in [-0.25, -0.2) is 0 Å². The smallest absolute Gasteiger partial charge is 0.291 e. The van der Waals surface area contributed by atoms with Crippen LogP contribution in [-0.4, -0.2) is 17.2 Å². The molecule has 0 bridgehead atoms. The van der Waals surface area contributed by atoms with E-state index in [1.54, 1.807) is 30.3 Å². The van der Waals surface area contributed by atoms with E-state index in [2.05, 4.69) is 4.98 Å². The molecule has 23 heavy (non-hydrogen) atoms. The Kier molecular flexibility index (Phi) is 3.80. The maximum Gasteiger partial charge on any atom is 0.291 e. The minimum Gasteiger partial charge on any atom is -0.502 e. The summed E-state index contributed by atoms with van der Waals surface area (Å²) in [4.78, 5) is 27.4. The second-order valence-corrected chi connectivity index (χ2v) is 5.37. The summed E-state index contributed by atoms with van der Waals surface area (Å²) in [6, 6.07) is 11.1. The number of benzene rings is 2. The number of hydrogen-bond donors (Lipinski definition) is 2. The van der Waals surface area contributed by atoms with Crippen LogP contribution in [0.2, 0.25) is 5.02 Å². The second kappa shape index (κ2) is 5.78. The molecular weight excluding hydrogens is 318 g/mol. The summed E-state index contributed by atoms with van der Waals surface area (Å²) >= 11 is 5.90. The van der Waals surface area contributed by atoms with Crippen LogP contribution in [0, 0.1) is 0 Å². The summed E-state index contributed by atoms with van der Waals surface area (Å²) in [7, 11) is 1.49. The molecule has 0 fully saturated rings. The number of aromatic hydroxyl groups is 1. The van der Waals surface area contributed by atoms with E-state index in [0.29, 0.717) is 16.3 Å². The summed E-state index contributed by atoms with van der Waals surface area (Å²) in [5.41, 5.74) is -0.665. The van der Waals surface area contributed by atoms with Crippen LogP contribution in [0.3, 0.4) is 0 Å². The zero-order valence-corrected chi connectivity index (χ0v) is 12.8. The maximum atomic E-state index is 12.8. The van der Waals surface area contributed by atoms with Crippen molar-refractivity contribution in [2.24, 2.45) is 0 Å². The molecule has 3 aromatic rings. The summed E-state index contributed by atoms with van der Waals surface area (Å²) in [5, 5.41) is 10.8. The molecule has 0 saturated heterocycles. The number of methoxy groups -OCH3 is 1. The molecule has 1 heterocycles. The minimum atomic E-state index is -0.766. The van der Waals surface area contributed by atoms with Crippen molar-refractivity contribution in [1.29, 1.82) is 0 Å². The number of aromatic amines is 1. The number of nitrogens with one attached hydrogen (secondary N) is 1. The Hall–Kier alpha value is -2.79. The highest BCUT2D eigenvalue weighted by molar-refractivity contribution is 6.31. The van der Waals surface area contributed by atoms with Gasteiger partial charge in [0, 0.05) is 10.4 Å². The van der Waals surface area contributed by atoms with Gasteiger partial charge in [-0.3, -0.25) is 9.59 Å². The van der Waals surface area contributed by atoms with Crippen molar-refractivity contribution in [2.75, 3.05) is 7.11 Å². The SMILES string of the molecule is COc1cccc(-c2c(O)c(=O)[nH]c3cc(Cl)ccc3c2=O)c1. The van der Waals surface area contributed by atoms with E-state index in [1.807, 2.05) is 0 Å². The summed E-state index contributed by atoms with van der Waals surface area (Å²) in [5.74, 6) is -0.132. The van der Waals surface area contributed by atoms with Crippen LogP contribution in [0.5, 0.6) is 11.5 Å². The molecule has 1 aromatic heterocycles. The predicted octanol–water partition coefficient (Wildman–Crippen LogP) is 2.92. The van der Waals surface area contributed by atoms with Gasteiger partial charge >= 0.3 is 0 Å². The number of rotatable bonds is 2. The maximum absolute atomic E-state index is 12.8. The van der Waals surface area contributed by atoms with Gasteiger partial charge in [0.05, 0.1) is 18.2 Å². The van der Waals surface area contributed by atoms with Gasteiger partial charge in [0.2, 0.25) is 0 Å². The predicted molar refractivity (Wildman–Crippen MR) is 89.5 cm³/mol. The summed E-state index contributed by atoms with van der Waals surface area (Å²) < 4.78 is 5.13. The Balaban J connectivity index is 2.48. The van der Waals surface area contributed by atoms with Crippen molar-refractivity contribution >= 4 is 22.5 Å². The molecule has 3 rings (SSSR count). The highest BCUT2D eigenvalue weighted by Crippen LogP contribution is 2.27. The van der Waals surface area contributed by atoms with Crippen LogP contribution < -0.4 is 15.7 Å². The molecule has 0 aliphatic carbocycles.